The maximum Gasteiger partial charge on any atom is 0.220 e. The fourth-order valence-corrected chi connectivity index (χ4v) is 1.18. The third kappa shape index (κ3) is 3.32. The molecular weight excluding hydrogens is 170 g/mol. The molecule has 4 heteroatoms. The lowest BCUT2D eigenvalue weighted by molar-refractivity contribution is -0.121. The van der Waals surface area contributed by atoms with E-state index in [-0.39, 0.29) is 24.5 Å². The Labute approximate surface area is 78.0 Å². The second kappa shape index (κ2) is 4.58. The van der Waals surface area contributed by atoms with Crippen molar-refractivity contribution in [3.63, 3.8) is 0 Å². The summed E-state index contributed by atoms with van der Waals surface area (Å²) in [4.78, 5) is 11.1. The zero-order chi connectivity index (χ0) is 9.73. The number of amides is 1. The summed E-state index contributed by atoms with van der Waals surface area (Å²) < 4.78 is 0. The van der Waals surface area contributed by atoms with E-state index in [9.17, 15) is 4.79 Å². The number of aliphatic hydroxyl groups excluding tert-OH is 2. The molecule has 1 rings (SSSR count). The zero-order valence-electron chi connectivity index (χ0n) is 7.75. The van der Waals surface area contributed by atoms with Gasteiger partial charge in [0.15, 0.2) is 0 Å². The van der Waals surface area contributed by atoms with Gasteiger partial charge in [-0.25, -0.2) is 0 Å². The highest BCUT2D eigenvalue weighted by molar-refractivity contribution is 5.75. The van der Waals surface area contributed by atoms with Crippen molar-refractivity contribution in [2.45, 2.75) is 25.7 Å². The summed E-state index contributed by atoms with van der Waals surface area (Å²) in [6, 6.07) is 0. The van der Waals surface area contributed by atoms with Gasteiger partial charge in [-0.2, -0.15) is 0 Å². The Morgan fingerprint density at radius 3 is 2.54 bits per heavy atom. The molecule has 0 aromatic heterocycles. The van der Waals surface area contributed by atoms with E-state index in [2.05, 4.69) is 5.32 Å². The van der Waals surface area contributed by atoms with Gasteiger partial charge in [0.05, 0.1) is 6.61 Å². The Bertz CT molecular complexity index is 178. The third-order valence-electron chi connectivity index (χ3n) is 2.52. The molecule has 1 aliphatic carbocycles. The van der Waals surface area contributed by atoms with Gasteiger partial charge in [0.1, 0.15) is 0 Å². The molecule has 13 heavy (non-hydrogen) atoms. The van der Waals surface area contributed by atoms with Crippen LogP contribution >= 0.6 is 0 Å². The van der Waals surface area contributed by atoms with Crippen molar-refractivity contribution >= 4 is 5.91 Å². The van der Waals surface area contributed by atoms with Crippen LogP contribution in [0.15, 0.2) is 0 Å². The largest absolute Gasteiger partial charge is 0.396 e. The summed E-state index contributed by atoms with van der Waals surface area (Å²) in [5, 5.41) is 20.2. The summed E-state index contributed by atoms with van der Waals surface area (Å²) >= 11 is 0. The average Bonchev–Trinajstić information content (AvgIpc) is 2.92. The Morgan fingerprint density at radius 1 is 1.38 bits per heavy atom. The molecule has 0 bridgehead atoms. The number of carbonyl (C=O) groups is 1. The average molecular weight is 187 g/mol. The molecule has 0 spiro atoms. The molecule has 1 fully saturated rings. The molecule has 0 atom stereocenters. The van der Waals surface area contributed by atoms with Crippen LogP contribution < -0.4 is 5.32 Å². The fraction of sp³-hybridized carbons (Fsp3) is 0.889. The van der Waals surface area contributed by atoms with Crippen LogP contribution in [0, 0.1) is 5.41 Å². The summed E-state index contributed by atoms with van der Waals surface area (Å²) in [5.74, 6) is -0.0335. The Hall–Kier alpha value is -0.610. The summed E-state index contributed by atoms with van der Waals surface area (Å²) in [6.45, 7) is 0.791. The smallest absolute Gasteiger partial charge is 0.220 e. The van der Waals surface area contributed by atoms with Crippen LogP contribution in [0.5, 0.6) is 0 Å². The minimum atomic E-state index is -0.0335. The molecule has 0 saturated heterocycles. The second-order valence-corrected chi connectivity index (χ2v) is 3.76. The Morgan fingerprint density at radius 2 is 2.08 bits per heavy atom. The lowest BCUT2D eigenvalue weighted by atomic mass is 10.1. The first-order valence-corrected chi connectivity index (χ1v) is 4.71. The Kier molecular flexibility index (Phi) is 3.69. The summed E-state index contributed by atoms with van der Waals surface area (Å²) in [5.41, 5.74) is -0.0190. The van der Waals surface area contributed by atoms with Gasteiger partial charge in [0, 0.05) is 25.0 Å². The highest BCUT2D eigenvalue weighted by Crippen LogP contribution is 2.44. The van der Waals surface area contributed by atoms with Gasteiger partial charge in [-0.1, -0.05) is 0 Å². The van der Waals surface area contributed by atoms with Gasteiger partial charge in [-0.3, -0.25) is 4.79 Å². The molecule has 0 radical (unpaired) electrons. The molecule has 76 valence electrons. The zero-order valence-corrected chi connectivity index (χ0v) is 7.75. The van der Waals surface area contributed by atoms with E-state index in [1.165, 1.54) is 0 Å². The molecule has 4 nitrogen and oxygen atoms in total. The molecule has 0 aromatic carbocycles. The van der Waals surface area contributed by atoms with Crippen LogP contribution in [0.4, 0.5) is 0 Å². The van der Waals surface area contributed by atoms with Crippen LogP contribution in [0.1, 0.15) is 25.7 Å². The van der Waals surface area contributed by atoms with Crippen molar-refractivity contribution in [2.24, 2.45) is 5.41 Å². The van der Waals surface area contributed by atoms with E-state index in [0.29, 0.717) is 19.4 Å². The predicted octanol–water partition coefficient (Wildman–Crippen LogP) is -0.352. The van der Waals surface area contributed by atoms with Crippen LogP contribution in [0.3, 0.4) is 0 Å². The minimum Gasteiger partial charge on any atom is -0.396 e. The van der Waals surface area contributed by atoms with Crippen LogP contribution in [-0.4, -0.2) is 35.9 Å². The van der Waals surface area contributed by atoms with Gasteiger partial charge in [0.2, 0.25) is 5.91 Å². The lowest BCUT2D eigenvalue weighted by Gasteiger charge is -2.12. The van der Waals surface area contributed by atoms with E-state index in [4.69, 9.17) is 10.2 Å². The van der Waals surface area contributed by atoms with Gasteiger partial charge >= 0.3 is 0 Å². The van der Waals surface area contributed by atoms with Gasteiger partial charge in [0.25, 0.3) is 0 Å². The van der Waals surface area contributed by atoms with E-state index < -0.39 is 0 Å². The number of aliphatic hydroxyl groups is 2. The highest BCUT2D eigenvalue weighted by Gasteiger charge is 2.41. The van der Waals surface area contributed by atoms with E-state index >= 15 is 0 Å². The van der Waals surface area contributed by atoms with Crippen molar-refractivity contribution in [3.8, 4) is 0 Å². The van der Waals surface area contributed by atoms with Crippen molar-refractivity contribution in [3.05, 3.63) is 0 Å². The molecule has 1 saturated carbocycles. The van der Waals surface area contributed by atoms with E-state index in [1.54, 1.807) is 0 Å². The van der Waals surface area contributed by atoms with Crippen LogP contribution in [0.2, 0.25) is 0 Å². The molecule has 0 unspecified atom stereocenters. The summed E-state index contributed by atoms with van der Waals surface area (Å²) in [6.07, 6.45) is 2.89. The van der Waals surface area contributed by atoms with Crippen LogP contribution in [0.25, 0.3) is 0 Å². The van der Waals surface area contributed by atoms with Crippen molar-refractivity contribution < 1.29 is 15.0 Å². The number of hydrogen-bond donors (Lipinski definition) is 3. The molecule has 0 aromatic rings. The first-order chi connectivity index (χ1) is 6.22. The SMILES string of the molecule is O=C(CCCO)NCC1(CO)CC1. The lowest BCUT2D eigenvalue weighted by Crippen LogP contribution is -2.31. The van der Waals surface area contributed by atoms with Gasteiger partial charge in [-0.15, -0.1) is 0 Å². The number of nitrogens with one attached hydrogen (secondary N) is 1. The predicted molar refractivity (Wildman–Crippen MR) is 48.1 cm³/mol. The fourth-order valence-electron chi connectivity index (χ4n) is 1.18. The van der Waals surface area contributed by atoms with Gasteiger partial charge in [-0.05, 0) is 19.3 Å². The first-order valence-electron chi connectivity index (χ1n) is 4.71. The van der Waals surface area contributed by atoms with Crippen molar-refractivity contribution in [1.82, 2.24) is 5.32 Å². The topological polar surface area (TPSA) is 69.6 Å². The third-order valence-corrected chi connectivity index (χ3v) is 2.52. The number of hydrogen-bond acceptors (Lipinski definition) is 3. The quantitative estimate of drug-likeness (QED) is 0.532. The normalized spacial score (nSPS) is 18.3. The van der Waals surface area contributed by atoms with Crippen molar-refractivity contribution in [2.75, 3.05) is 19.8 Å². The molecular formula is C9H17NO3. The molecule has 1 amide bonds. The van der Waals surface area contributed by atoms with Gasteiger partial charge < -0.3 is 15.5 Å². The maximum absolute atomic E-state index is 11.1. The first kappa shape index (κ1) is 10.5. The second-order valence-electron chi connectivity index (χ2n) is 3.76. The molecule has 3 N–H and O–H groups in total. The Balaban J connectivity index is 2.08. The molecule has 0 heterocycles. The minimum absolute atomic E-state index is 0.0190. The summed E-state index contributed by atoms with van der Waals surface area (Å²) in [7, 11) is 0. The highest BCUT2D eigenvalue weighted by atomic mass is 16.3. The number of rotatable bonds is 6. The number of carbonyl (C=O) groups excluding carboxylic acids is 1. The standard InChI is InChI=1S/C9H17NO3/c11-5-1-2-8(13)10-6-9(7-12)3-4-9/h11-12H,1-7H2,(H,10,13). The van der Waals surface area contributed by atoms with E-state index in [1.807, 2.05) is 0 Å². The van der Waals surface area contributed by atoms with Crippen molar-refractivity contribution in [1.29, 1.82) is 0 Å². The van der Waals surface area contributed by atoms with E-state index in [0.717, 1.165) is 12.8 Å². The molecule has 1 aliphatic rings. The molecule has 0 aliphatic heterocycles. The van der Waals surface area contributed by atoms with Crippen LogP contribution in [-0.2, 0) is 4.79 Å². The monoisotopic (exact) mass is 187 g/mol. The maximum atomic E-state index is 11.1.